The SMILES string of the molecule is CCOC(=O)P(C)(C)(SSCC)C(=O)OCC. The van der Waals surface area contributed by atoms with Gasteiger partial charge in [-0.15, -0.1) is 0 Å². The molecular weight excluding hydrogens is 279 g/mol. The molecule has 17 heavy (non-hydrogen) atoms. The molecule has 4 nitrogen and oxygen atoms in total. The third-order valence-electron chi connectivity index (χ3n) is 1.99. The van der Waals surface area contributed by atoms with Crippen LogP contribution in [0.25, 0.3) is 0 Å². The molecular formula is C10H21O4PS2. The zero-order valence-electron chi connectivity index (χ0n) is 11.0. The van der Waals surface area contributed by atoms with E-state index in [2.05, 4.69) is 0 Å². The molecule has 102 valence electrons. The molecule has 0 aromatic carbocycles. The van der Waals surface area contributed by atoms with Crippen LogP contribution in [0.2, 0.25) is 0 Å². The Morgan fingerprint density at radius 2 is 1.41 bits per heavy atom. The quantitative estimate of drug-likeness (QED) is 0.512. The van der Waals surface area contributed by atoms with E-state index in [-0.39, 0.29) is 13.2 Å². The molecule has 0 aliphatic carbocycles. The summed E-state index contributed by atoms with van der Waals surface area (Å²) in [7, 11) is 2.82. The van der Waals surface area contributed by atoms with Crippen molar-refractivity contribution in [1.82, 2.24) is 0 Å². The summed E-state index contributed by atoms with van der Waals surface area (Å²) in [6, 6.07) is 0. The molecule has 0 amide bonds. The van der Waals surface area contributed by atoms with Crippen molar-refractivity contribution < 1.29 is 19.1 Å². The second kappa shape index (κ2) is 6.86. The fourth-order valence-electron chi connectivity index (χ4n) is 0.969. The fraction of sp³-hybridized carbons (Fsp3) is 0.800. The third kappa shape index (κ3) is 4.04. The Bertz CT molecular complexity index is 272. The number of hydrogen-bond acceptors (Lipinski definition) is 6. The number of rotatable bonds is 7. The minimum absolute atomic E-state index is 0.273. The molecule has 0 aliphatic heterocycles. The van der Waals surface area contributed by atoms with Crippen LogP contribution >= 0.6 is 27.0 Å². The predicted molar refractivity (Wildman–Crippen MR) is 78.5 cm³/mol. The van der Waals surface area contributed by atoms with Gasteiger partial charge in [0.1, 0.15) is 0 Å². The van der Waals surface area contributed by atoms with Gasteiger partial charge in [-0.05, 0) is 0 Å². The van der Waals surface area contributed by atoms with Gasteiger partial charge in [0, 0.05) is 0 Å². The molecule has 7 heteroatoms. The van der Waals surface area contributed by atoms with Crippen molar-refractivity contribution in [2.45, 2.75) is 20.8 Å². The molecule has 0 fully saturated rings. The van der Waals surface area contributed by atoms with Crippen molar-refractivity contribution in [3.63, 3.8) is 0 Å². The van der Waals surface area contributed by atoms with Crippen LogP contribution in [0.15, 0.2) is 0 Å². The molecule has 0 atom stereocenters. The Labute approximate surface area is 111 Å². The summed E-state index contributed by atoms with van der Waals surface area (Å²) < 4.78 is 10.1. The summed E-state index contributed by atoms with van der Waals surface area (Å²) in [6.45, 7) is 9.37. The average molecular weight is 300 g/mol. The second-order valence-electron chi connectivity index (χ2n) is 3.88. The van der Waals surface area contributed by atoms with Crippen LogP contribution in [0.3, 0.4) is 0 Å². The van der Waals surface area contributed by atoms with E-state index in [0.717, 1.165) is 5.75 Å². The first-order valence-corrected chi connectivity index (χ1v) is 11.5. The molecule has 0 aliphatic rings. The summed E-state index contributed by atoms with van der Waals surface area (Å²) in [6.07, 6.45) is 0. The average Bonchev–Trinajstić information content (AvgIpc) is 2.27. The maximum absolute atomic E-state index is 12.1. The molecule has 0 bridgehead atoms. The van der Waals surface area contributed by atoms with E-state index in [4.69, 9.17) is 9.47 Å². The summed E-state index contributed by atoms with van der Waals surface area (Å²) in [4.78, 5) is 24.2. The van der Waals surface area contributed by atoms with Crippen LogP contribution in [-0.4, -0.2) is 43.7 Å². The van der Waals surface area contributed by atoms with Crippen molar-refractivity contribution in [2.75, 3.05) is 32.3 Å². The summed E-state index contributed by atoms with van der Waals surface area (Å²) >= 11 is 0. The topological polar surface area (TPSA) is 52.6 Å². The predicted octanol–water partition coefficient (Wildman–Crippen LogP) is 4.43. The van der Waals surface area contributed by atoms with Crippen LogP contribution in [0.5, 0.6) is 0 Å². The Hall–Kier alpha value is 0.0700. The minimum atomic E-state index is -3.34. The molecule has 0 aromatic rings. The van der Waals surface area contributed by atoms with E-state index >= 15 is 0 Å². The first-order chi connectivity index (χ1) is 7.82. The summed E-state index contributed by atoms with van der Waals surface area (Å²) in [5.74, 6) is -2.52. The van der Waals surface area contributed by atoms with Crippen molar-refractivity contribution in [1.29, 1.82) is 0 Å². The Morgan fingerprint density at radius 1 is 1.00 bits per heavy atom. The van der Waals surface area contributed by atoms with Gasteiger partial charge in [-0.2, -0.15) is 0 Å². The fourth-order valence-corrected chi connectivity index (χ4v) is 9.51. The number of ether oxygens (including phenoxy) is 2. The van der Waals surface area contributed by atoms with E-state index in [9.17, 15) is 9.59 Å². The number of hydrogen-bond donors (Lipinski definition) is 0. The van der Waals surface area contributed by atoms with Gasteiger partial charge in [0.25, 0.3) is 0 Å². The Morgan fingerprint density at radius 3 is 1.71 bits per heavy atom. The second-order valence-corrected chi connectivity index (χ2v) is 15.4. The molecule has 0 aromatic heterocycles. The van der Waals surface area contributed by atoms with Crippen molar-refractivity contribution in [3.8, 4) is 0 Å². The molecule has 0 rings (SSSR count). The van der Waals surface area contributed by atoms with Gasteiger partial charge in [0.05, 0.1) is 0 Å². The third-order valence-corrected chi connectivity index (χ3v) is 13.4. The van der Waals surface area contributed by atoms with E-state index in [1.54, 1.807) is 27.2 Å². The van der Waals surface area contributed by atoms with Gasteiger partial charge in [-0.3, -0.25) is 0 Å². The van der Waals surface area contributed by atoms with Gasteiger partial charge in [-0.1, -0.05) is 0 Å². The van der Waals surface area contributed by atoms with Gasteiger partial charge < -0.3 is 0 Å². The normalized spacial score (nSPS) is 13.6. The Balaban J connectivity index is 5.17. The number of carbonyl (C=O) groups is 2. The van der Waals surface area contributed by atoms with Gasteiger partial charge in [-0.25, -0.2) is 0 Å². The van der Waals surface area contributed by atoms with E-state index in [1.807, 2.05) is 6.92 Å². The molecule has 0 radical (unpaired) electrons. The van der Waals surface area contributed by atoms with Crippen LogP contribution < -0.4 is 0 Å². The molecule has 0 unspecified atom stereocenters. The van der Waals surface area contributed by atoms with Crippen LogP contribution in [0, 0.1) is 0 Å². The molecule has 0 N–H and O–H groups in total. The molecule has 0 spiro atoms. The molecule has 0 heterocycles. The first-order valence-electron chi connectivity index (χ1n) is 5.49. The van der Waals surface area contributed by atoms with Crippen molar-refractivity contribution >= 4 is 38.4 Å². The number of carbonyl (C=O) groups excluding carboxylic acids is 2. The molecule has 0 saturated heterocycles. The van der Waals surface area contributed by atoms with Crippen LogP contribution in [0.1, 0.15) is 20.8 Å². The van der Waals surface area contributed by atoms with Crippen LogP contribution in [-0.2, 0) is 9.47 Å². The maximum atomic E-state index is 12.1. The molecule has 0 saturated carbocycles. The van der Waals surface area contributed by atoms with Crippen molar-refractivity contribution in [3.05, 3.63) is 0 Å². The monoisotopic (exact) mass is 300 g/mol. The first kappa shape index (κ1) is 17.1. The zero-order valence-corrected chi connectivity index (χ0v) is 13.5. The van der Waals surface area contributed by atoms with Gasteiger partial charge >= 0.3 is 111 Å². The summed E-state index contributed by atoms with van der Waals surface area (Å²) in [5.41, 5.74) is -0.856. The van der Waals surface area contributed by atoms with E-state index < -0.39 is 17.2 Å². The van der Waals surface area contributed by atoms with Crippen molar-refractivity contribution in [2.24, 2.45) is 0 Å². The van der Waals surface area contributed by atoms with Gasteiger partial charge in [0.15, 0.2) is 0 Å². The van der Waals surface area contributed by atoms with Crippen LogP contribution in [0.4, 0.5) is 9.59 Å². The summed E-state index contributed by atoms with van der Waals surface area (Å²) in [5, 5.41) is 0. The van der Waals surface area contributed by atoms with Gasteiger partial charge in [0.2, 0.25) is 0 Å². The van der Waals surface area contributed by atoms with E-state index in [0.29, 0.717) is 0 Å². The zero-order chi connectivity index (χ0) is 13.6. The standard InChI is InChI=1S/C10H21O4PS2/c1-6-13-9(11)15(4,5,17-16-8-3)10(12)14-7-2/h6-8H2,1-5H3. The Kier molecular flexibility index (Phi) is 6.89. The van der Waals surface area contributed by atoms with E-state index in [1.165, 1.54) is 21.2 Å².